The second-order valence-corrected chi connectivity index (χ2v) is 24.8. The van der Waals surface area contributed by atoms with Crippen molar-refractivity contribution in [3.63, 3.8) is 0 Å². The molecule has 23 heavy (non-hydrogen) atoms. The van der Waals surface area contributed by atoms with Crippen LogP contribution in [0.1, 0.15) is 54.4 Å². The first-order valence-corrected chi connectivity index (χ1v) is 17.1. The summed E-state index contributed by atoms with van der Waals surface area (Å²) in [6.45, 7) is 14.4. The maximum absolute atomic E-state index is 2.45. The Labute approximate surface area is 159 Å². The molecule has 3 heteroatoms. The number of hydrogen-bond donors (Lipinski definition) is 0. The Morgan fingerprint density at radius 3 is 1.30 bits per heavy atom. The molecule has 0 atom stereocenters. The predicted octanol–water partition coefficient (Wildman–Crippen LogP) is 0.519. The fourth-order valence-electron chi connectivity index (χ4n) is 4.23. The zero-order chi connectivity index (χ0) is 15.5. The van der Waals surface area contributed by atoms with Crippen molar-refractivity contribution in [1.82, 2.24) is 0 Å². The minimum atomic E-state index is -2.32. The van der Waals surface area contributed by atoms with Gasteiger partial charge < -0.3 is 24.8 Å². The molecule has 1 fully saturated rings. The van der Waals surface area contributed by atoms with Gasteiger partial charge in [0.05, 0.1) is 0 Å². The summed E-state index contributed by atoms with van der Waals surface area (Å²) in [7, 11) is 0. The first-order valence-electron chi connectivity index (χ1n) is 8.47. The van der Waals surface area contributed by atoms with E-state index < -0.39 is 20.0 Å². The van der Waals surface area contributed by atoms with Crippen molar-refractivity contribution in [3.8, 4) is 0 Å². The number of rotatable bonds is 2. The Morgan fingerprint density at radius 2 is 1.04 bits per heavy atom. The van der Waals surface area contributed by atoms with Crippen molar-refractivity contribution >= 4 is 0 Å². The predicted molar refractivity (Wildman–Crippen MR) is 90.1 cm³/mol. The molecule has 0 radical (unpaired) electrons. The van der Waals surface area contributed by atoms with Crippen LogP contribution in [0, 0.1) is 10.8 Å². The molecule has 1 saturated heterocycles. The van der Waals surface area contributed by atoms with Gasteiger partial charge in [-0.15, -0.1) is 0 Å². The summed E-state index contributed by atoms with van der Waals surface area (Å²) in [5, 5.41) is 0. The molecule has 128 valence electrons. The molecule has 3 rings (SSSR count). The zero-order valence-corrected chi connectivity index (χ0v) is 20.5. The van der Waals surface area contributed by atoms with Gasteiger partial charge in [-0.25, -0.2) is 0 Å². The minimum absolute atomic E-state index is 0. The molecular weight excluding hydrogens is 490 g/mol. The van der Waals surface area contributed by atoms with Crippen LogP contribution >= 0.6 is 0 Å². The smallest absolute Gasteiger partial charge is 1.00 e. The Balaban J connectivity index is 0.00000132. The van der Waals surface area contributed by atoms with E-state index in [1.54, 1.807) is 19.5 Å². The van der Waals surface area contributed by atoms with Gasteiger partial charge in [-0.1, -0.05) is 0 Å². The quantitative estimate of drug-likeness (QED) is 0.467. The van der Waals surface area contributed by atoms with E-state index in [2.05, 4.69) is 65.8 Å². The van der Waals surface area contributed by atoms with E-state index in [0.29, 0.717) is 10.8 Å². The molecule has 1 heterocycles. The van der Waals surface area contributed by atoms with E-state index in [0.717, 1.165) is 0 Å². The van der Waals surface area contributed by atoms with Gasteiger partial charge in [0.15, 0.2) is 0 Å². The Bertz CT molecular complexity index is 538. The van der Waals surface area contributed by atoms with Crippen molar-refractivity contribution in [3.05, 3.63) is 42.1 Å². The average molecular weight is 520 g/mol. The van der Waals surface area contributed by atoms with Crippen molar-refractivity contribution in [2.75, 3.05) is 0 Å². The molecule has 0 saturated carbocycles. The molecule has 0 bridgehead atoms. The van der Waals surface area contributed by atoms with Gasteiger partial charge >= 0.3 is 136 Å². The Hall–Kier alpha value is 0.410. The summed E-state index contributed by atoms with van der Waals surface area (Å²) in [4.78, 5) is 0. The van der Waals surface area contributed by atoms with E-state index in [9.17, 15) is 0 Å². The van der Waals surface area contributed by atoms with Gasteiger partial charge in [-0.3, -0.25) is 0 Å². The van der Waals surface area contributed by atoms with Crippen LogP contribution < -0.4 is 24.8 Å². The number of allylic oxidation sites excluding steroid dienone is 8. The second-order valence-electron chi connectivity index (χ2n) is 9.08. The van der Waals surface area contributed by atoms with Crippen LogP contribution in [0.25, 0.3) is 0 Å². The summed E-state index contributed by atoms with van der Waals surface area (Å²) < 4.78 is 7.08. The molecule has 0 unspecified atom stereocenters. The van der Waals surface area contributed by atoms with Crippen LogP contribution in [0.2, 0.25) is 8.35 Å². The van der Waals surface area contributed by atoms with Crippen molar-refractivity contribution in [1.29, 1.82) is 0 Å². The number of halogens is 2. The van der Waals surface area contributed by atoms with Gasteiger partial charge in [0.2, 0.25) is 0 Å². The molecule has 1 aliphatic heterocycles. The van der Waals surface area contributed by atoms with Gasteiger partial charge in [-0.2, -0.15) is 0 Å². The van der Waals surface area contributed by atoms with Crippen molar-refractivity contribution in [2.45, 2.75) is 62.7 Å². The molecule has 0 aromatic rings. The minimum Gasteiger partial charge on any atom is -1.00 e. The Kier molecular flexibility index (Phi) is 6.49. The van der Waals surface area contributed by atoms with Crippen LogP contribution in [0.15, 0.2) is 42.1 Å². The SMILES string of the molecule is CC(C)(C)C1=[C]([Hf+2]2([C]3=C(C(C)(C)C)C=CC3)[CH2][CH2]2)CC=C1.[Cl-].[Cl-]. The monoisotopic (exact) mass is 520 g/mol. The van der Waals surface area contributed by atoms with E-state index in [-0.39, 0.29) is 24.8 Å². The largest absolute Gasteiger partial charge is 1.00 e. The molecule has 0 amide bonds. The van der Waals surface area contributed by atoms with Crippen LogP contribution in [0.5, 0.6) is 0 Å². The van der Waals surface area contributed by atoms with Crippen LogP contribution in [-0.2, 0) is 20.0 Å². The van der Waals surface area contributed by atoms with Gasteiger partial charge in [0.25, 0.3) is 0 Å². The molecule has 0 nitrogen and oxygen atoms in total. The molecular formula is C20H30Cl2Hf. The van der Waals surface area contributed by atoms with Gasteiger partial charge in [0, 0.05) is 0 Å². The Morgan fingerprint density at radius 1 is 0.696 bits per heavy atom. The van der Waals surface area contributed by atoms with Crippen molar-refractivity contribution < 1.29 is 44.8 Å². The third-order valence-corrected chi connectivity index (χ3v) is 22.5. The molecule has 3 aliphatic rings. The molecule has 0 spiro atoms. The first-order chi connectivity index (χ1) is 9.66. The standard InChI is InChI=1S/2C9H13.C2H4.2ClH.Hf/c2*1-9(2,3)8-6-4-5-7-8;1-2;;;/h2*4,6H,5H2,1-3H3;1-2H2;2*1H;/q;;;;;+2/p-2. The third-order valence-electron chi connectivity index (χ3n) is 5.38. The van der Waals surface area contributed by atoms with E-state index in [1.165, 1.54) is 12.8 Å². The van der Waals surface area contributed by atoms with Crippen LogP contribution in [0.3, 0.4) is 0 Å². The average Bonchev–Trinajstić information content (AvgIpc) is 2.82. The van der Waals surface area contributed by atoms with E-state index >= 15 is 0 Å². The fraction of sp³-hybridized carbons (Fsp3) is 0.600. The van der Waals surface area contributed by atoms with Crippen LogP contribution in [0.4, 0.5) is 0 Å². The maximum Gasteiger partial charge on any atom is -1.00 e. The normalized spacial score (nSPS) is 21.0. The van der Waals surface area contributed by atoms with E-state index in [1.807, 2.05) is 6.66 Å². The van der Waals surface area contributed by atoms with Crippen LogP contribution in [-0.4, -0.2) is 0 Å². The molecule has 0 N–H and O–H groups in total. The number of hydrogen-bond acceptors (Lipinski definition) is 0. The second kappa shape index (κ2) is 6.96. The zero-order valence-electron chi connectivity index (χ0n) is 15.4. The molecule has 0 aromatic carbocycles. The van der Waals surface area contributed by atoms with Crippen molar-refractivity contribution in [2.24, 2.45) is 10.8 Å². The molecule has 0 aromatic heterocycles. The topological polar surface area (TPSA) is 0 Å². The maximum atomic E-state index is 2.45. The third kappa shape index (κ3) is 3.82. The summed E-state index contributed by atoms with van der Waals surface area (Å²) >= 11 is -2.32. The summed E-state index contributed by atoms with van der Waals surface area (Å²) in [5.41, 5.74) is 4.06. The first kappa shape index (κ1) is 21.5. The van der Waals surface area contributed by atoms with Gasteiger partial charge in [0.1, 0.15) is 0 Å². The van der Waals surface area contributed by atoms with E-state index in [4.69, 9.17) is 0 Å². The summed E-state index contributed by atoms with van der Waals surface area (Å²) in [6.07, 6.45) is 12.3. The summed E-state index contributed by atoms with van der Waals surface area (Å²) in [6, 6.07) is 0. The fourth-order valence-corrected chi connectivity index (χ4v) is 28.8. The molecule has 2 aliphatic carbocycles. The van der Waals surface area contributed by atoms with Gasteiger partial charge in [-0.05, 0) is 0 Å². The summed E-state index contributed by atoms with van der Waals surface area (Å²) in [5.74, 6) is 0.